The average Bonchev–Trinajstić information content (AvgIpc) is 2.81. The van der Waals surface area contributed by atoms with Crippen LogP contribution in [0.4, 0.5) is 0 Å². The molecule has 0 bridgehead atoms. The molecular weight excluding hydrogens is 168 g/mol. The fraction of sp³-hybridized carbons (Fsp3) is 0.900. The molecule has 0 N–H and O–H groups in total. The van der Waals surface area contributed by atoms with Crippen molar-refractivity contribution in [1.29, 1.82) is 0 Å². The van der Waals surface area contributed by atoms with Gasteiger partial charge in [0.05, 0.1) is 12.5 Å². The van der Waals surface area contributed by atoms with Crippen molar-refractivity contribution in [3.63, 3.8) is 0 Å². The molecule has 1 aliphatic heterocycles. The Kier molecular flexibility index (Phi) is 3.72. The monoisotopic (exact) mass is 186 g/mol. The predicted molar refractivity (Wildman–Crippen MR) is 49.3 cm³/mol. The third kappa shape index (κ3) is 4.27. The van der Waals surface area contributed by atoms with Gasteiger partial charge in [-0.3, -0.25) is 4.79 Å². The van der Waals surface area contributed by atoms with E-state index in [2.05, 4.69) is 13.8 Å². The highest BCUT2D eigenvalue weighted by Gasteiger charge is 2.25. The van der Waals surface area contributed by atoms with Crippen LogP contribution in [0.2, 0.25) is 0 Å². The van der Waals surface area contributed by atoms with Crippen LogP contribution in [-0.2, 0) is 14.3 Å². The van der Waals surface area contributed by atoms with E-state index in [1.165, 1.54) is 0 Å². The van der Waals surface area contributed by atoms with E-state index in [1.807, 2.05) is 6.92 Å². The van der Waals surface area contributed by atoms with Crippen molar-refractivity contribution in [2.45, 2.75) is 33.3 Å². The van der Waals surface area contributed by atoms with E-state index in [9.17, 15) is 4.79 Å². The molecular formula is C10H18O3. The SMILES string of the molecule is CC(C)CC(C)C(=O)OCC1CO1. The zero-order valence-electron chi connectivity index (χ0n) is 8.58. The maximum absolute atomic E-state index is 11.3. The standard InChI is InChI=1S/C10H18O3/c1-7(2)4-8(3)10(11)13-6-9-5-12-9/h7-9H,4-6H2,1-3H3. The van der Waals surface area contributed by atoms with Gasteiger partial charge in [0.2, 0.25) is 0 Å². The van der Waals surface area contributed by atoms with Gasteiger partial charge in [-0.25, -0.2) is 0 Å². The average molecular weight is 186 g/mol. The van der Waals surface area contributed by atoms with Gasteiger partial charge in [-0.15, -0.1) is 0 Å². The molecule has 0 aromatic rings. The lowest BCUT2D eigenvalue weighted by molar-refractivity contribution is -0.148. The first-order chi connectivity index (χ1) is 6.09. The van der Waals surface area contributed by atoms with Gasteiger partial charge >= 0.3 is 5.97 Å². The predicted octanol–water partition coefficient (Wildman–Crippen LogP) is 1.61. The van der Waals surface area contributed by atoms with Crippen LogP contribution in [0.5, 0.6) is 0 Å². The molecule has 13 heavy (non-hydrogen) atoms. The van der Waals surface area contributed by atoms with Gasteiger partial charge in [-0.05, 0) is 12.3 Å². The number of esters is 1. The van der Waals surface area contributed by atoms with Crippen LogP contribution in [0.1, 0.15) is 27.2 Å². The molecule has 2 atom stereocenters. The van der Waals surface area contributed by atoms with Gasteiger partial charge in [-0.2, -0.15) is 0 Å². The summed E-state index contributed by atoms with van der Waals surface area (Å²) in [7, 11) is 0. The molecule has 0 saturated carbocycles. The lowest BCUT2D eigenvalue weighted by atomic mass is 9.99. The Morgan fingerprint density at radius 1 is 1.54 bits per heavy atom. The molecule has 1 rings (SSSR count). The van der Waals surface area contributed by atoms with Crippen molar-refractivity contribution >= 4 is 5.97 Å². The van der Waals surface area contributed by atoms with E-state index in [0.717, 1.165) is 13.0 Å². The maximum atomic E-state index is 11.3. The summed E-state index contributed by atoms with van der Waals surface area (Å²) in [4.78, 5) is 11.3. The number of epoxide rings is 1. The van der Waals surface area contributed by atoms with Crippen molar-refractivity contribution in [3.8, 4) is 0 Å². The van der Waals surface area contributed by atoms with Crippen LogP contribution in [-0.4, -0.2) is 25.3 Å². The molecule has 1 heterocycles. The van der Waals surface area contributed by atoms with Crippen molar-refractivity contribution in [1.82, 2.24) is 0 Å². The Morgan fingerprint density at radius 3 is 2.62 bits per heavy atom. The second-order valence-corrected chi connectivity index (χ2v) is 4.12. The van der Waals surface area contributed by atoms with Gasteiger partial charge < -0.3 is 9.47 Å². The molecule has 0 radical (unpaired) electrons. The normalized spacial score (nSPS) is 22.9. The summed E-state index contributed by atoms with van der Waals surface area (Å²) >= 11 is 0. The Bertz CT molecular complexity index is 173. The Balaban J connectivity index is 2.12. The number of hydrogen-bond donors (Lipinski definition) is 0. The van der Waals surface area contributed by atoms with Crippen molar-refractivity contribution in [3.05, 3.63) is 0 Å². The molecule has 76 valence electrons. The zero-order valence-corrected chi connectivity index (χ0v) is 8.58. The maximum Gasteiger partial charge on any atom is 0.308 e. The van der Waals surface area contributed by atoms with Crippen molar-refractivity contribution in [2.24, 2.45) is 11.8 Å². The van der Waals surface area contributed by atoms with E-state index in [4.69, 9.17) is 9.47 Å². The van der Waals surface area contributed by atoms with Gasteiger partial charge in [0.1, 0.15) is 12.7 Å². The first-order valence-electron chi connectivity index (χ1n) is 4.88. The number of carbonyl (C=O) groups excluding carboxylic acids is 1. The first kappa shape index (κ1) is 10.5. The molecule has 0 spiro atoms. The number of hydrogen-bond acceptors (Lipinski definition) is 3. The molecule has 1 fully saturated rings. The van der Waals surface area contributed by atoms with Crippen LogP contribution >= 0.6 is 0 Å². The molecule has 3 nitrogen and oxygen atoms in total. The van der Waals surface area contributed by atoms with Crippen molar-refractivity contribution < 1.29 is 14.3 Å². The zero-order chi connectivity index (χ0) is 9.84. The second-order valence-electron chi connectivity index (χ2n) is 4.12. The second kappa shape index (κ2) is 4.61. The smallest absolute Gasteiger partial charge is 0.308 e. The minimum Gasteiger partial charge on any atom is -0.463 e. The van der Waals surface area contributed by atoms with Crippen LogP contribution in [0.25, 0.3) is 0 Å². The number of ether oxygens (including phenoxy) is 2. The van der Waals surface area contributed by atoms with Crippen LogP contribution in [0, 0.1) is 11.8 Å². The van der Waals surface area contributed by atoms with E-state index >= 15 is 0 Å². The largest absolute Gasteiger partial charge is 0.463 e. The molecule has 1 aliphatic rings. The van der Waals surface area contributed by atoms with Gasteiger partial charge in [0, 0.05) is 0 Å². The Hall–Kier alpha value is -0.570. The highest BCUT2D eigenvalue weighted by molar-refractivity contribution is 5.71. The van der Waals surface area contributed by atoms with E-state index in [0.29, 0.717) is 12.5 Å². The van der Waals surface area contributed by atoms with E-state index < -0.39 is 0 Å². The first-order valence-corrected chi connectivity index (χ1v) is 4.88. The summed E-state index contributed by atoms with van der Waals surface area (Å²) in [6.45, 7) is 7.30. The molecule has 0 aromatic carbocycles. The summed E-state index contributed by atoms with van der Waals surface area (Å²) in [5, 5.41) is 0. The summed E-state index contributed by atoms with van der Waals surface area (Å²) in [6.07, 6.45) is 1.07. The van der Waals surface area contributed by atoms with Gasteiger partial charge in [0.15, 0.2) is 0 Å². The fourth-order valence-electron chi connectivity index (χ4n) is 1.28. The summed E-state index contributed by atoms with van der Waals surface area (Å²) < 4.78 is 10.0. The molecule has 0 amide bonds. The fourth-order valence-corrected chi connectivity index (χ4v) is 1.28. The molecule has 2 unspecified atom stereocenters. The van der Waals surface area contributed by atoms with Crippen LogP contribution in [0.15, 0.2) is 0 Å². The van der Waals surface area contributed by atoms with Crippen LogP contribution in [0.3, 0.4) is 0 Å². The topological polar surface area (TPSA) is 38.8 Å². The summed E-state index contributed by atoms with van der Waals surface area (Å²) in [5.41, 5.74) is 0. The third-order valence-electron chi connectivity index (χ3n) is 2.04. The Labute approximate surface area is 79.4 Å². The van der Waals surface area contributed by atoms with E-state index in [1.54, 1.807) is 0 Å². The highest BCUT2D eigenvalue weighted by Crippen LogP contribution is 2.14. The number of rotatable bonds is 5. The Morgan fingerprint density at radius 2 is 2.15 bits per heavy atom. The van der Waals surface area contributed by atoms with Gasteiger partial charge in [0.25, 0.3) is 0 Å². The molecule has 1 saturated heterocycles. The lowest BCUT2D eigenvalue weighted by Crippen LogP contribution is -2.18. The lowest BCUT2D eigenvalue weighted by Gasteiger charge is -2.12. The molecule has 0 aliphatic carbocycles. The van der Waals surface area contributed by atoms with Crippen molar-refractivity contribution in [2.75, 3.05) is 13.2 Å². The summed E-state index contributed by atoms with van der Waals surface area (Å²) in [5.74, 6) is 0.461. The summed E-state index contributed by atoms with van der Waals surface area (Å²) in [6, 6.07) is 0. The van der Waals surface area contributed by atoms with Crippen LogP contribution < -0.4 is 0 Å². The van der Waals surface area contributed by atoms with E-state index in [-0.39, 0.29) is 18.0 Å². The minimum absolute atomic E-state index is 0.0127. The molecule has 0 aromatic heterocycles. The van der Waals surface area contributed by atoms with Gasteiger partial charge in [-0.1, -0.05) is 20.8 Å². The minimum atomic E-state index is -0.0933. The quantitative estimate of drug-likeness (QED) is 0.483. The third-order valence-corrected chi connectivity index (χ3v) is 2.04. The number of carbonyl (C=O) groups is 1. The molecule has 3 heteroatoms. The highest BCUT2D eigenvalue weighted by atomic mass is 16.6.